The van der Waals surface area contributed by atoms with Crippen molar-refractivity contribution in [3.63, 3.8) is 0 Å². The number of nitrogens with zero attached hydrogens (tertiary/aromatic N) is 1. The average molecular weight is 343 g/mol. The number of alkyl halides is 3. The Morgan fingerprint density at radius 2 is 1.48 bits per heavy atom. The summed E-state index contributed by atoms with van der Waals surface area (Å²) >= 11 is 0. The van der Waals surface area contributed by atoms with Crippen LogP contribution in [0.25, 0.3) is 0 Å². The number of nitriles is 1. The van der Waals surface area contributed by atoms with Crippen molar-refractivity contribution < 1.29 is 17.6 Å². The largest absolute Gasteiger partial charge is 0.542 e. The van der Waals surface area contributed by atoms with Gasteiger partial charge in [0.1, 0.15) is 11.8 Å². The average Bonchev–Trinajstić information content (AvgIpc) is 2.42. The summed E-state index contributed by atoms with van der Waals surface area (Å²) in [7, 11) is -2.31. The van der Waals surface area contributed by atoms with Gasteiger partial charge in [-0.15, -0.1) is 0 Å². The van der Waals surface area contributed by atoms with Gasteiger partial charge in [0.2, 0.25) is 0 Å². The van der Waals surface area contributed by atoms with E-state index in [9.17, 15) is 18.4 Å². The quantitative estimate of drug-likeness (QED) is 0.602. The third kappa shape index (κ3) is 3.89. The Balaban J connectivity index is 3.38. The van der Waals surface area contributed by atoms with Crippen molar-refractivity contribution in [2.45, 2.75) is 64.3 Å². The molecule has 0 spiro atoms. The molecule has 1 aromatic rings. The zero-order valence-corrected chi connectivity index (χ0v) is 15.5. The van der Waals surface area contributed by atoms with Crippen LogP contribution < -0.4 is 4.43 Å². The van der Waals surface area contributed by atoms with Gasteiger partial charge in [0.15, 0.2) is 0 Å². The lowest BCUT2D eigenvalue weighted by Gasteiger charge is -2.42. The number of benzene rings is 1. The second-order valence-corrected chi connectivity index (χ2v) is 12.1. The van der Waals surface area contributed by atoms with Crippen LogP contribution in [0.5, 0.6) is 5.75 Å². The summed E-state index contributed by atoms with van der Waals surface area (Å²) in [5.74, 6) is 0.267. The molecule has 0 atom stereocenters. The van der Waals surface area contributed by atoms with E-state index in [1.54, 1.807) is 0 Å². The summed E-state index contributed by atoms with van der Waals surface area (Å²) in [6.45, 7) is 12.5. The Morgan fingerprint density at radius 3 is 1.83 bits per heavy atom. The fraction of sp³-hybridized carbons (Fsp3) is 0.588. The van der Waals surface area contributed by atoms with Crippen LogP contribution in [0.1, 0.15) is 52.7 Å². The van der Waals surface area contributed by atoms with Crippen molar-refractivity contribution in [2.24, 2.45) is 0 Å². The highest BCUT2D eigenvalue weighted by atomic mass is 28.4. The Morgan fingerprint density at radius 1 is 1.00 bits per heavy atom. The molecular formula is C17H24F3NOSi. The molecule has 0 saturated heterocycles. The minimum atomic E-state index is -4.47. The summed E-state index contributed by atoms with van der Waals surface area (Å²) in [6, 6.07) is 4.99. The Bertz CT molecular complexity index is 567. The first-order valence-electron chi connectivity index (χ1n) is 7.77. The summed E-state index contributed by atoms with van der Waals surface area (Å²) in [4.78, 5) is 0. The molecule has 0 aliphatic rings. The van der Waals surface area contributed by atoms with Gasteiger partial charge in [-0.25, -0.2) is 0 Å². The lowest BCUT2D eigenvalue weighted by molar-refractivity contribution is -0.137. The van der Waals surface area contributed by atoms with Crippen molar-refractivity contribution >= 4 is 8.32 Å². The van der Waals surface area contributed by atoms with Gasteiger partial charge in [0, 0.05) is 0 Å². The minimum Gasteiger partial charge on any atom is -0.542 e. The maximum atomic E-state index is 12.8. The van der Waals surface area contributed by atoms with E-state index in [0.29, 0.717) is 0 Å². The van der Waals surface area contributed by atoms with Crippen molar-refractivity contribution in [1.82, 2.24) is 0 Å². The van der Waals surface area contributed by atoms with Gasteiger partial charge in [0.05, 0.1) is 11.1 Å². The molecule has 0 aliphatic heterocycles. The molecule has 1 rings (SSSR count). The molecular weight excluding hydrogens is 319 g/mol. The SMILES string of the molecule is CC(C)[Si](Oc1ccc(C(F)(F)F)cc1C#N)(C(C)C)C(C)C. The van der Waals surface area contributed by atoms with Gasteiger partial charge < -0.3 is 4.43 Å². The molecule has 0 N–H and O–H groups in total. The molecule has 0 aromatic heterocycles. The van der Waals surface area contributed by atoms with Crippen LogP contribution in [-0.2, 0) is 6.18 Å². The van der Waals surface area contributed by atoms with E-state index in [-0.39, 0.29) is 27.9 Å². The first kappa shape index (κ1) is 19.6. The fourth-order valence-electron chi connectivity index (χ4n) is 3.43. The van der Waals surface area contributed by atoms with Crippen LogP contribution in [0.2, 0.25) is 16.6 Å². The van der Waals surface area contributed by atoms with Gasteiger partial charge >= 0.3 is 6.18 Å². The number of rotatable bonds is 5. The molecule has 0 aliphatic carbocycles. The summed E-state index contributed by atoms with van der Waals surface area (Å²) in [6.07, 6.45) is -4.47. The van der Waals surface area contributed by atoms with Gasteiger partial charge in [0.25, 0.3) is 8.32 Å². The predicted molar refractivity (Wildman–Crippen MR) is 87.8 cm³/mol. The Hall–Kier alpha value is -1.48. The lowest BCUT2D eigenvalue weighted by Crippen LogP contribution is -2.50. The van der Waals surface area contributed by atoms with E-state index < -0.39 is 20.1 Å². The molecule has 0 radical (unpaired) electrons. The Labute approximate surface area is 137 Å². The highest BCUT2D eigenvalue weighted by Crippen LogP contribution is 2.44. The number of hydrogen-bond donors (Lipinski definition) is 0. The van der Waals surface area contributed by atoms with Crippen LogP contribution in [0, 0.1) is 11.3 Å². The summed E-state index contributed by atoms with van der Waals surface area (Å²) in [5, 5.41) is 9.24. The Kier molecular flexibility index (Phi) is 5.92. The van der Waals surface area contributed by atoms with E-state index in [2.05, 4.69) is 41.5 Å². The zero-order chi connectivity index (χ0) is 18.0. The van der Waals surface area contributed by atoms with Crippen LogP contribution >= 0.6 is 0 Å². The molecule has 0 bridgehead atoms. The van der Waals surface area contributed by atoms with Crippen molar-refractivity contribution in [1.29, 1.82) is 5.26 Å². The van der Waals surface area contributed by atoms with Gasteiger partial charge in [-0.1, -0.05) is 41.5 Å². The van der Waals surface area contributed by atoms with E-state index in [0.717, 1.165) is 12.1 Å². The first-order valence-corrected chi connectivity index (χ1v) is 9.91. The third-order valence-corrected chi connectivity index (χ3v) is 10.4. The van der Waals surface area contributed by atoms with Gasteiger partial charge in [-0.2, -0.15) is 18.4 Å². The molecule has 128 valence electrons. The molecule has 23 heavy (non-hydrogen) atoms. The molecule has 2 nitrogen and oxygen atoms in total. The van der Waals surface area contributed by atoms with Crippen molar-refractivity contribution in [3.8, 4) is 11.8 Å². The molecule has 0 heterocycles. The third-order valence-electron chi connectivity index (χ3n) is 4.42. The molecule has 0 unspecified atom stereocenters. The topological polar surface area (TPSA) is 33.0 Å². The van der Waals surface area contributed by atoms with Crippen LogP contribution in [0.4, 0.5) is 13.2 Å². The van der Waals surface area contributed by atoms with E-state index >= 15 is 0 Å². The number of hydrogen-bond acceptors (Lipinski definition) is 2. The standard InChI is InChI=1S/C17H24F3NOSi/c1-11(2)23(12(3)4,13(5)6)22-16-8-7-15(17(18,19)20)9-14(16)10-21/h7-9,11-13H,1-6H3. The van der Waals surface area contributed by atoms with Gasteiger partial charge in [-0.05, 0) is 34.8 Å². The van der Waals surface area contributed by atoms with Crippen LogP contribution in [0.15, 0.2) is 18.2 Å². The maximum Gasteiger partial charge on any atom is 0.416 e. The van der Waals surface area contributed by atoms with E-state index in [4.69, 9.17) is 4.43 Å². The van der Waals surface area contributed by atoms with Crippen LogP contribution in [-0.4, -0.2) is 8.32 Å². The smallest absolute Gasteiger partial charge is 0.416 e. The predicted octanol–water partition coefficient (Wildman–Crippen LogP) is 6.13. The fourth-order valence-corrected chi connectivity index (χ4v) is 8.69. The second-order valence-electron chi connectivity index (χ2n) is 6.74. The summed E-state index contributed by atoms with van der Waals surface area (Å²) in [5.41, 5.74) is -0.0602. The molecule has 1 aromatic carbocycles. The molecule has 6 heteroatoms. The molecule has 0 fully saturated rings. The molecule has 0 saturated carbocycles. The maximum absolute atomic E-state index is 12.8. The highest BCUT2D eigenvalue weighted by Gasteiger charge is 2.47. The van der Waals surface area contributed by atoms with E-state index in [1.807, 2.05) is 6.07 Å². The highest BCUT2D eigenvalue weighted by molar-refractivity contribution is 6.78. The molecule has 0 amide bonds. The monoisotopic (exact) mass is 343 g/mol. The van der Waals surface area contributed by atoms with Crippen LogP contribution in [0.3, 0.4) is 0 Å². The van der Waals surface area contributed by atoms with Crippen molar-refractivity contribution in [3.05, 3.63) is 29.3 Å². The van der Waals surface area contributed by atoms with Crippen molar-refractivity contribution in [2.75, 3.05) is 0 Å². The first-order chi connectivity index (χ1) is 10.5. The minimum absolute atomic E-state index is 0.0568. The zero-order valence-electron chi connectivity index (χ0n) is 14.5. The second kappa shape index (κ2) is 6.96. The lowest BCUT2D eigenvalue weighted by atomic mass is 10.1. The normalized spacial score (nSPS) is 12.8. The van der Waals surface area contributed by atoms with E-state index in [1.165, 1.54) is 6.07 Å². The number of halogens is 3. The van der Waals surface area contributed by atoms with Gasteiger partial charge in [-0.3, -0.25) is 0 Å². The summed E-state index contributed by atoms with van der Waals surface area (Å²) < 4.78 is 44.8.